The summed E-state index contributed by atoms with van der Waals surface area (Å²) in [4.78, 5) is 0. The van der Waals surface area contributed by atoms with Gasteiger partial charge in [-0.15, -0.1) is 0 Å². The smallest absolute Gasteiger partial charge is 0.216 e. The fourth-order valence-electron chi connectivity index (χ4n) is 2.80. The van der Waals surface area contributed by atoms with Crippen molar-refractivity contribution >= 4 is 18.4 Å². The highest BCUT2D eigenvalue weighted by atomic mass is 32.1. The molecule has 0 spiro atoms. The first kappa shape index (κ1) is 14.6. The molecule has 4 N–H and O–H groups in total. The summed E-state index contributed by atoms with van der Waals surface area (Å²) in [5, 5.41) is 37.6. The van der Waals surface area contributed by atoms with Gasteiger partial charge in [0.05, 0.1) is 6.21 Å². The maximum Gasteiger partial charge on any atom is 0.216 e. The number of aromatic amines is 2. The first-order chi connectivity index (χ1) is 11.6. The minimum Gasteiger partial charge on any atom is -0.504 e. The molecule has 0 saturated carbocycles. The number of aryl methyl sites for hydroxylation is 1. The van der Waals surface area contributed by atoms with Gasteiger partial charge in [-0.25, -0.2) is 5.10 Å². The average molecular weight is 342 g/mol. The number of phenols is 2. The number of benzene rings is 1. The van der Waals surface area contributed by atoms with Gasteiger partial charge in [-0.3, -0.25) is 5.10 Å². The molecule has 0 radical (unpaired) electrons. The van der Waals surface area contributed by atoms with Gasteiger partial charge in [-0.05, 0) is 55.2 Å². The summed E-state index contributed by atoms with van der Waals surface area (Å²) < 4.78 is 1.84. The highest BCUT2D eigenvalue weighted by Crippen LogP contribution is 2.29. The molecule has 1 aromatic carbocycles. The zero-order chi connectivity index (χ0) is 16.7. The number of aromatic nitrogens is 5. The van der Waals surface area contributed by atoms with Gasteiger partial charge in [0.1, 0.15) is 5.69 Å². The summed E-state index contributed by atoms with van der Waals surface area (Å²) in [7, 11) is 0. The van der Waals surface area contributed by atoms with E-state index >= 15 is 0 Å². The van der Waals surface area contributed by atoms with Gasteiger partial charge in [0.2, 0.25) is 10.6 Å². The van der Waals surface area contributed by atoms with E-state index in [-0.39, 0.29) is 11.5 Å². The zero-order valence-corrected chi connectivity index (χ0v) is 13.3. The van der Waals surface area contributed by atoms with Crippen molar-refractivity contribution in [3.63, 3.8) is 0 Å². The van der Waals surface area contributed by atoms with E-state index in [4.69, 9.17) is 12.2 Å². The van der Waals surface area contributed by atoms with Crippen molar-refractivity contribution in [1.82, 2.24) is 25.1 Å². The topological polar surface area (TPSA) is 115 Å². The van der Waals surface area contributed by atoms with Crippen molar-refractivity contribution < 1.29 is 10.2 Å². The number of nitrogens with zero attached hydrogens (tertiary/aromatic N) is 4. The maximum atomic E-state index is 9.55. The van der Waals surface area contributed by atoms with Crippen LogP contribution in [0.15, 0.2) is 23.3 Å². The molecule has 0 fully saturated rings. The van der Waals surface area contributed by atoms with Crippen LogP contribution in [-0.2, 0) is 12.8 Å². The van der Waals surface area contributed by atoms with E-state index in [1.165, 1.54) is 23.0 Å². The van der Waals surface area contributed by atoms with E-state index < -0.39 is 0 Å². The Morgan fingerprint density at radius 1 is 1.17 bits per heavy atom. The molecule has 0 amide bonds. The Hall–Kier alpha value is -2.94. The Balaban J connectivity index is 1.73. The van der Waals surface area contributed by atoms with E-state index in [1.807, 2.05) is 0 Å². The molecule has 0 bridgehead atoms. The number of aromatic hydroxyl groups is 2. The molecule has 3 aromatic rings. The summed E-state index contributed by atoms with van der Waals surface area (Å²) in [6.45, 7) is 0. The lowest BCUT2D eigenvalue weighted by atomic mass is 10.2. The van der Waals surface area contributed by atoms with Gasteiger partial charge >= 0.3 is 0 Å². The first-order valence-electron chi connectivity index (χ1n) is 7.43. The summed E-state index contributed by atoms with van der Waals surface area (Å²) in [5.41, 5.74) is 3.66. The summed E-state index contributed by atoms with van der Waals surface area (Å²) >= 11 is 5.24. The second-order valence-corrected chi connectivity index (χ2v) is 5.93. The molecule has 2 heterocycles. The summed E-state index contributed by atoms with van der Waals surface area (Å²) in [5.74, 6) is 0.151. The van der Waals surface area contributed by atoms with Crippen molar-refractivity contribution in [2.75, 3.05) is 0 Å². The van der Waals surface area contributed by atoms with E-state index in [0.29, 0.717) is 16.2 Å². The minimum atomic E-state index is -0.208. The minimum absolute atomic E-state index is 0.181. The molecule has 0 atom stereocenters. The summed E-state index contributed by atoms with van der Waals surface area (Å²) in [6.07, 6.45) is 4.57. The third-order valence-electron chi connectivity index (χ3n) is 3.99. The lowest BCUT2D eigenvalue weighted by Crippen LogP contribution is -1.97. The van der Waals surface area contributed by atoms with Crippen molar-refractivity contribution in [3.05, 3.63) is 39.8 Å². The third-order valence-corrected chi connectivity index (χ3v) is 4.25. The standard InChI is InChI=1S/C15H14N6O2S/c22-11-5-4-8(6-12(11)23)7-16-21-14(19-20-15(21)24)13-9-2-1-3-10(9)17-18-13/h4-7,22-23H,1-3H2,(H,17,18)(H,20,24). The molecule has 0 saturated heterocycles. The van der Waals surface area contributed by atoms with Gasteiger partial charge in [-0.1, -0.05) is 0 Å². The van der Waals surface area contributed by atoms with E-state index in [9.17, 15) is 10.2 Å². The summed E-state index contributed by atoms with van der Waals surface area (Å²) in [6, 6.07) is 4.44. The van der Waals surface area contributed by atoms with Crippen LogP contribution in [0.25, 0.3) is 11.5 Å². The van der Waals surface area contributed by atoms with Crippen molar-refractivity contribution in [1.29, 1.82) is 0 Å². The predicted molar refractivity (Wildman–Crippen MR) is 89.8 cm³/mol. The van der Waals surface area contributed by atoms with E-state index in [0.717, 1.165) is 36.2 Å². The van der Waals surface area contributed by atoms with Gasteiger partial charge in [0.15, 0.2) is 11.5 Å². The lowest BCUT2D eigenvalue weighted by Gasteiger charge is -2.01. The van der Waals surface area contributed by atoms with Crippen LogP contribution in [-0.4, -0.2) is 41.5 Å². The van der Waals surface area contributed by atoms with Crippen molar-refractivity contribution in [2.45, 2.75) is 19.3 Å². The fraction of sp³-hybridized carbons (Fsp3) is 0.200. The molecule has 1 aliphatic carbocycles. The molecule has 4 rings (SSSR count). The van der Waals surface area contributed by atoms with Crippen LogP contribution < -0.4 is 0 Å². The molecule has 1 aliphatic rings. The second kappa shape index (κ2) is 5.60. The number of hydrogen-bond donors (Lipinski definition) is 4. The predicted octanol–water partition coefficient (Wildman–Crippen LogP) is 2.11. The van der Waals surface area contributed by atoms with E-state index in [1.54, 1.807) is 6.07 Å². The number of phenolic OH excluding ortho intramolecular Hbond substituents is 2. The molecular formula is C15H14N6O2S. The molecule has 2 aromatic heterocycles. The Bertz CT molecular complexity index is 1000. The molecule has 24 heavy (non-hydrogen) atoms. The average Bonchev–Trinajstić information content (AvgIpc) is 3.25. The van der Waals surface area contributed by atoms with Crippen LogP contribution in [0.5, 0.6) is 11.5 Å². The fourth-order valence-corrected chi connectivity index (χ4v) is 2.98. The number of H-pyrrole nitrogens is 2. The Kier molecular flexibility index (Phi) is 3.42. The van der Waals surface area contributed by atoms with E-state index in [2.05, 4.69) is 25.5 Å². The molecule has 0 aliphatic heterocycles. The van der Waals surface area contributed by atoms with Crippen LogP contribution in [0.4, 0.5) is 0 Å². The number of fused-ring (bicyclic) bond motifs is 1. The van der Waals surface area contributed by atoms with Crippen LogP contribution in [0.1, 0.15) is 23.2 Å². The number of nitrogens with one attached hydrogen (secondary N) is 2. The van der Waals surface area contributed by atoms with Gasteiger partial charge < -0.3 is 10.2 Å². The van der Waals surface area contributed by atoms with Crippen molar-refractivity contribution in [2.24, 2.45) is 5.10 Å². The van der Waals surface area contributed by atoms with Gasteiger partial charge in [-0.2, -0.15) is 20.0 Å². The quantitative estimate of drug-likeness (QED) is 0.331. The Labute approximate surface area is 141 Å². The van der Waals surface area contributed by atoms with Crippen LogP contribution >= 0.6 is 12.2 Å². The van der Waals surface area contributed by atoms with Crippen LogP contribution in [0, 0.1) is 4.77 Å². The Morgan fingerprint density at radius 3 is 2.88 bits per heavy atom. The second-order valence-electron chi connectivity index (χ2n) is 5.54. The highest BCUT2D eigenvalue weighted by Gasteiger charge is 2.23. The zero-order valence-electron chi connectivity index (χ0n) is 12.5. The molecule has 0 unspecified atom stereocenters. The normalized spacial score (nSPS) is 13.7. The number of hydrogen-bond acceptors (Lipinski definition) is 6. The van der Waals surface area contributed by atoms with Crippen molar-refractivity contribution in [3.8, 4) is 23.0 Å². The number of rotatable bonds is 3. The maximum absolute atomic E-state index is 9.55. The van der Waals surface area contributed by atoms with Gasteiger partial charge in [0.25, 0.3) is 0 Å². The molecule has 122 valence electrons. The molecule has 8 nitrogen and oxygen atoms in total. The first-order valence-corrected chi connectivity index (χ1v) is 7.84. The lowest BCUT2D eigenvalue weighted by molar-refractivity contribution is 0.403. The molecular weight excluding hydrogens is 328 g/mol. The molecule has 9 heteroatoms. The Morgan fingerprint density at radius 2 is 2.04 bits per heavy atom. The highest BCUT2D eigenvalue weighted by molar-refractivity contribution is 7.71. The SMILES string of the molecule is Oc1ccc(C=Nn2c(-c3n[nH]c4c3CCC4)n[nH]c2=S)cc1O. The largest absolute Gasteiger partial charge is 0.504 e. The van der Waals surface area contributed by atoms with Crippen LogP contribution in [0.3, 0.4) is 0 Å². The van der Waals surface area contributed by atoms with Crippen LogP contribution in [0.2, 0.25) is 0 Å². The monoisotopic (exact) mass is 342 g/mol. The third kappa shape index (κ3) is 2.38. The van der Waals surface area contributed by atoms with Gasteiger partial charge in [0, 0.05) is 11.3 Å².